The standard InChI is InChI=1S/C14H20N2O2/c17-14(11-18-13-5-2-1-3-6-13)16-10-4-9-15-12-7-8-12/h1-3,5-6,12,15H,4,7-11H2,(H,16,17). The second-order valence-corrected chi connectivity index (χ2v) is 4.53. The molecule has 0 bridgehead atoms. The van der Waals surface area contributed by atoms with Crippen LogP contribution in [0, 0.1) is 0 Å². The Kier molecular flexibility index (Phi) is 5.02. The zero-order valence-electron chi connectivity index (χ0n) is 10.5. The molecule has 1 amide bonds. The first-order chi connectivity index (χ1) is 8.84. The van der Waals surface area contributed by atoms with Gasteiger partial charge in [0.25, 0.3) is 5.91 Å². The van der Waals surface area contributed by atoms with Crippen LogP contribution in [0.5, 0.6) is 5.75 Å². The molecule has 1 aromatic carbocycles. The highest BCUT2D eigenvalue weighted by Crippen LogP contribution is 2.18. The topological polar surface area (TPSA) is 50.4 Å². The maximum Gasteiger partial charge on any atom is 0.257 e. The summed E-state index contributed by atoms with van der Waals surface area (Å²) in [4.78, 5) is 11.5. The summed E-state index contributed by atoms with van der Waals surface area (Å²) in [7, 11) is 0. The van der Waals surface area contributed by atoms with E-state index in [1.165, 1.54) is 12.8 Å². The van der Waals surface area contributed by atoms with Crippen LogP contribution in [0.4, 0.5) is 0 Å². The highest BCUT2D eigenvalue weighted by molar-refractivity contribution is 5.77. The lowest BCUT2D eigenvalue weighted by Crippen LogP contribution is -2.31. The van der Waals surface area contributed by atoms with Gasteiger partial charge in [0.15, 0.2) is 6.61 Å². The minimum Gasteiger partial charge on any atom is -0.484 e. The number of benzene rings is 1. The highest BCUT2D eigenvalue weighted by atomic mass is 16.5. The van der Waals surface area contributed by atoms with Gasteiger partial charge in [0.2, 0.25) is 0 Å². The summed E-state index contributed by atoms with van der Waals surface area (Å²) in [5, 5.41) is 6.25. The van der Waals surface area contributed by atoms with Crippen LogP contribution in [-0.2, 0) is 4.79 Å². The van der Waals surface area contributed by atoms with Gasteiger partial charge in [-0.3, -0.25) is 4.79 Å². The third-order valence-corrected chi connectivity index (χ3v) is 2.80. The van der Waals surface area contributed by atoms with Crippen LogP contribution in [0.25, 0.3) is 0 Å². The molecule has 4 nitrogen and oxygen atoms in total. The van der Waals surface area contributed by atoms with E-state index < -0.39 is 0 Å². The van der Waals surface area contributed by atoms with E-state index in [0.717, 1.165) is 24.8 Å². The minimum absolute atomic E-state index is 0.0646. The Morgan fingerprint density at radius 2 is 2.00 bits per heavy atom. The van der Waals surface area contributed by atoms with Crippen molar-refractivity contribution in [1.82, 2.24) is 10.6 Å². The summed E-state index contributed by atoms with van der Waals surface area (Å²) in [6.07, 6.45) is 3.57. The molecule has 1 aliphatic carbocycles. The predicted octanol–water partition coefficient (Wildman–Crippen LogP) is 1.32. The van der Waals surface area contributed by atoms with Gasteiger partial charge in [0.1, 0.15) is 5.75 Å². The number of amides is 1. The molecule has 0 saturated heterocycles. The lowest BCUT2D eigenvalue weighted by molar-refractivity contribution is -0.123. The molecule has 1 aromatic rings. The third kappa shape index (κ3) is 5.19. The molecular weight excluding hydrogens is 228 g/mol. The molecule has 98 valence electrons. The Bertz CT molecular complexity index is 363. The van der Waals surface area contributed by atoms with Crippen molar-refractivity contribution in [1.29, 1.82) is 0 Å². The number of ether oxygens (including phenoxy) is 1. The van der Waals surface area contributed by atoms with E-state index in [1.54, 1.807) is 0 Å². The average molecular weight is 248 g/mol. The summed E-state index contributed by atoms with van der Waals surface area (Å²) in [5.41, 5.74) is 0. The molecule has 0 spiro atoms. The fourth-order valence-corrected chi connectivity index (χ4v) is 1.63. The van der Waals surface area contributed by atoms with Crippen molar-refractivity contribution in [2.45, 2.75) is 25.3 Å². The first kappa shape index (κ1) is 12.9. The normalized spacial score (nSPS) is 14.2. The number of hydrogen-bond donors (Lipinski definition) is 2. The minimum atomic E-state index is -0.0646. The van der Waals surface area contributed by atoms with Crippen molar-refractivity contribution >= 4 is 5.91 Å². The van der Waals surface area contributed by atoms with Crippen molar-refractivity contribution in [3.8, 4) is 5.75 Å². The molecule has 0 radical (unpaired) electrons. The van der Waals surface area contributed by atoms with Crippen LogP contribution in [-0.4, -0.2) is 31.6 Å². The lowest BCUT2D eigenvalue weighted by atomic mass is 10.3. The van der Waals surface area contributed by atoms with Crippen LogP contribution < -0.4 is 15.4 Å². The van der Waals surface area contributed by atoms with Crippen LogP contribution in [0.2, 0.25) is 0 Å². The Morgan fingerprint density at radius 3 is 2.72 bits per heavy atom. The first-order valence-electron chi connectivity index (χ1n) is 6.52. The molecule has 2 N–H and O–H groups in total. The molecule has 0 aromatic heterocycles. The molecular formula is C14H20N2O2. The lowest BCUT2D eigenvalue weighted by Gasteiger charge is -2.07. The first-order valence-corrected chi connectivity index (χ1v) is 6.52. The predicted molar refractivity (Wildman–Crippen MR) is 70.6 cm³/mol. The molecule has 1 fully saturated rings. The fourth-order valence-electron chi connectivity index (χ4n) is 1.63. The maximum absolute atomic E-state index is 11.5. The van der Waals surface area contributed by atoms with Crippen molar-refractivity contribution in [3.05, 3.63) is 30.3 Å². The number of hydrogen-bond acceptors (Lipinski definition) is 3. The number of carbonyl (C=O) groups is 1. The smallest absolute Gasteiger partial charge is 0.257 e. The molecule has 4 heteroatoms. The van der Waals surface area contributed by atoms with Gasteiger partial charge in [-0.2, -0.15) is 0 Å². The van der Waals surface area contributed by atoms with Crippen molar-refractivity contribution in [2.75, 3.05) is 19.7 Å². The largest absolute Gasteiger partial charge is 0.484 e. The van der Waals surface area contributed by atoms with E-state index in [2.05, 4.69) is 10.6 Å². The summed E-state index contributed by atoms with van der Waals surface area (Å²) in [6.45, 7) is 1.77. The molecule has 1 aliphatic rings. The van der Waals surface area contributed by atoms with Gasteiger partial charge in [0.05, 0.1) is 0 Å². The monoisotopic (exact) mass is 248 g/mol. The van der Waals surface area contributed by atoms with E-state index in [4.69, 9.17) is 4.74 Å². The van der Waals surface area contributed by atoms with Gasteiger partial charge in [-0.1, -0.05) is 18.2 Å². The van der Waals surface area contributed by atoms with Crippen molar-refractivity contribution < 1.29 is 9.53 Å². The molecule has 18 heavy (non-hydrogen) atoms. The molecule has 0 heterocycles. The van der Waals surface area contributed by atoms with Crippen molar-refractivity contribution in [2.24, 2.45) is 0 Å². The van der Waals surface area contributed by atoms with E-state index >= 15 is 0 Å². The SMILES string of the molecule is O=C(COc1ccccc1)NCCCNC1CC1. The average Bonchev–Trinajstić information content (AvgIpc) is 3.21. The fraction of sp³-hybridized carbons (Fsp3) is 0.500. The van der Waals surface area contributed by atoms with Gasteiger partial charge >= 0.3 is 0 Å². The Morgan fingerprint density at radius 1 is 1.22 bits per heavy atom. The van der Waals surface area contributed by atoms with E-state index in [1.807, 2.05) is 30.3 Å². The number of rotatable bonds is 8. The zero-order valence-corrected chi connectivity index (χ0v) is 10.5. The van der Waals surface area contributed by atoms with Crippen LogP contribution in [0.1, 0.15) is 19.3 Å². The number of nitrogens with one attached hydrogen (secondary N) is 2. The number of para-hydroxylation sites is 1. The summed E-state index contributed by atoms with van der Waals surface area (Å²) >= 11 is 0. The molecule has 0 atom stereocenters. The summed E-state index contributed by atoms with van der Waals surface area (Å²) in [6, 6.07) is 10.1. The quantitative estimate of drug-likeness (QED) is 0.682. The van der Waals surface area contributed by atoms with E-state index in [-0.39, 0.29) is 12.5 Å². The molecule has 2 rings (SSSR count). The van der Waals surface area contributed by atoms with Gasteiger partial charge in [0, 0.05) is 12.6 Å². The van der Waals surface area contributed by atoms with Gasteiger partial charge in [-0.05, 0) is 37.9 Å². The summed E-state index contributed by atoms with van der Waals surface area (Å²) < 4.78 is 5.35. The maximum atomic E-state index is 11.5. The van der Waals surface area contributed by atoms with Gasteiger partial charge in [-0.25, -0.2) is 0 Å². The Hall–Kier alpha value is -1.55. The zero-order chi connectivity index (χ0) is 12.6. The van der Waals surface area contributed by atoms with Gasteiger partial charge in [-0.15, -0.1) is 0 Å². The second kappa shape index (κ2) is 7.01. The Labute approximate surface area is 108 Å². The van der Waals surface area contributed by atoms with E-state index in [0.29, 0.717) is 6.54 Å². The van der Waals surface area contributed by atoms with Gasteiger partial charge < -0.3 is 15.4 Å². The molecule has 0 aliphatic heterocycles. The van der Waals surface area contributed by atoms with Crippen molar-refractivity contribution in [3.63, 3.8) is 0 Å². The van der Waals surface area contributed by atoms with Crippen LogP contribution in [0.3, 0.4) is 0 Å². The third-order valence-electron chi connectivity index (χ3n) is 2.80. The molecule has 0 unspecified atom stereocenters. The highest BCUT2D eigenvalue weighted by Gasteiger charge is 2.19. The van der Waals surface area contributed by atoms with E-state index in [9.17, 15) is 4.79 Å². The van der Waals surface area contributed by atoms with Crippen LogP contribution in [0.15, 0.2) is 30.3 Å². The number of carbonyl (C=O) groups excluding carboxylic acids is 1. The molecule has 1 saturated carbocycles. The van der Waals surface area contributed by atoms with Crippen LogP contribution >= 0.6 is 0 Å². The summed E-state index contributed by atoms with van der Waals surface area (Å²) in [5.74, 6) is 0.660. The Balaban J connectivity index is 1.49. The second-order valence-electron chi connectivity index (χ2n) is 4.53.